The number of thiazole rings is 1. The predicted octanol–water partition coefficient (Wildman–Crippen LogP) is 3.66. The van der Waals surface area contributed by atoms with Crippen molar-refractivity contribution < 1.29 is 13.2 Å². The summed E-state index contributed by atoms with van der Waals surface area (Å²) >= 11 is 1.33. The molecule has 10 heteroatoms. The van der Waals surface area contributed by atoms with Gasteiger partial charge >= 0.3 is 0 Å². The van der Waals surface area contributed by atoms with Crippen molar-refractivity contribution in [3.8, 4) is 11.3 Å². The Morgan fingerprint density at radius 1 is 1.24 bits per heavy atom. The lowest BCUT2D eigenvalue weighted by Gasteiger charge is -2.07. The first-order chi connectivity index (χ1) is 13.7. The van der Waals surface area contributed by atoms with Crippen molar-refractivity contribution in [3.05, 3.63) is 46.9 Å². The number of carbonyl (C=O) groups excluding carboxylic acids is 1. The lowest BCUT2D eigenvalue weighted by molar-refractivity contribution is 0.102. The van der Waals surface area contributed by atoms with E-state index in [9.17, 15) is 13.2 Å². The molecule has 0 spiro atoms. The molecule has 0 fully saturated rings. The first kappa shape index (κ1) is 21.0. The van der Waals surface area contributed by atoms with Crippen molar-refractivity contribution in [1.82, 2.24) is 14.5 Å². The summed E-state index contributed by atoms with van der Waals surface area (Å²) in [4.78, 5) is 21.0. The number of sulfonamides is 1. The van der Waals surface area contributed by atoms with Crippen LogP contribution in [0.4, 0.5) is 10.8 Å². The molecule has 0 aromatic carbocycles. The van der Waals surface area contributed by atoms with Gasteiger partial charge in [-0.15, -0.1) is 11.3 Å². The van der Waals surface area contributed by atoms with Crippen LogP contribution in [-0.2, 0) is 16.6 Å². The molecule has 0 aliphatic carbocycles. The summed E-state index contributed by atoms with van der Waals surface area (Å²) in [6.45, 7) is 7.24. The van der Waals surface area contributed by atoms with E-state index in [1.54, 1.807) is 0 Å². The second kappa shape index (κ2) is 8.34. The molecule has 0 bridgehead atoms. The van der Waals surface area contributed by atoms with Crippen LogP contribution in [0.15, 0.2) is 29.9 Å². The largest absolute Gasteiger partial charge is 0.348 e. The minimum Gasteiger partial charge on any atom is -0.348 e. The van der Waals surface area contributed by atoms with Gasteiger partial charge in [0.05, 0.1) is 29.4 Å². The second-order valence-electron chi connectivity index (χ2n) is 6.76. The van der Waals surface area contributed by atoms with Crippen LogP contribution in [-0.4, -0.2) is 35.1 Å². The molecule has 0 aliphatic rings. The van der Waals surface area contributed by atoms with Gasteiger partial charge in [0, 0.05) is 35.1 Å². The van der Waals surface area contributed by atoms with Gasteiger partial charge in [0.2, 0.25) is 10.0 Å². The number of rotatable bonds is 7. The standard InChI is InChI=1S/C19H23N5O3S2/c1-5-6-24-12(2)7-16(13(24)3)17-11-28-19(21-17)22-18(25)14-8-15(10-20-9-14)23-29(4,26)27/h7-11,23H,5-6H2,1-4H3,(H,21,22,25). The zero-order valence-electron chi connectivity index (χ0n) is 16.7. The number of nitrogens with one attached hydrogen (secondary N) is 2. The van der Waals surface area contributed by atoms with Gasteiger partial charge in [-0.2, -0.15) is 0 Å². The normalized spacial score (nSPS) is 11.4. The summed E-state index contributed by atoms with van der Waals surface area (Å²) in [7, 11) is -3.45. The molecular weight excluding hydrogens is 410 g/mol. The van der Waals surface area contributed by atoms with Gasteiger partial charge in [0.15, 0.2) is 5.13 Å². The maximum atomic E-state index is 12.5. The fourth-order valence-electron chi connectivity index (χ4n) is 3.09. The van der Waals surface area contributed by atoms with Crippen molar-refractivity contribution in [3.63, 3.8) is 0 Å². The number of pyridine rings is 1. The summed E-state index contributed by atoms with van der Waals surface area (Å²) in [6, 6.07) is 3.53. The lowest BCUT2D eigenvalue weighted by Crippen LogP contribution is -2.14. The summed E-state index contributed by atoms with van der Waals surface area (Å²) in [6.07, 6.45) is 4.80. The topological polar surface area (TPSA) is 106 Å². The van der Waals surface area contributed by atoms with Crippen LogP contribution in [0.25, 0.3) is 11.3 Å². The number of carbonyl (C=O) groups is 1. The Morgan fingerprint density at radius 3 is 2.69 bits per heavy atom. The zero-order chi connectivity index (χ0) is 21.2. The molecule has 3 aromatic rings. The van der Waals surface area contributed by atoms with Gasteiger partial charge in [-0.25, -0.2) is 13.4 Å². The molecule has 0 aliphatic heterocycles. The number of hydrogen-bond donors (Lipinski definition) is 2. The van der Waals surface area contributed by atoms with Crippen LogP contribution in [0.1, 0.15) is 35.1 Å². The van der Waals surface area contributed by atoms with Gasteiger partial charge in [-0.3, -0.25) is 19.8 Å². The average Bonchev–Trinajstić information content (AvgIpc) is 3.20. The first-order valence-electron chi connectivity index (χ1n) is 9.04. The van der Waals surface area contributed by atoms with Gasteiger partial charge in [-0.05, 0) is 32.4 Å². The molecule has 8 nitrogen and oxygen atoms in total. The molecule has 1 amide bonds. The van der Waals surface area contributed by atoms with Gasteiger partial charge in [0.1, 0.15) is 0 Å². The fraction of sp³-hybridized carbons (Fsp3) is 0.316. The maximum Gasteiger partial charge on any atom is 0.259 e. The highest BCUT2D eigenvalue weighted by atomic mass is 32.2. The zero-order valence-corrected chi connectivity index (χ0v) is 18.3. The quantitative estimate of drug-likeness (QED) is 0.591. The molecular formula is C19H23N5O3S2. The first-order valence-corrected chi connectivity index (χ1v) is 11.8. The van der Waals surface area contributed by atoms with Gasteiger partial charge < -0.3 is 4.57 Å². The van der Waals surface area contributed by atoms with E-state index in [1.165, 1.54) is 35.5 Å². The number of nitrogens with zero attached hydrogens (tertiary/aromatic N) is 3. The highest BCUT2D eigenvalue weighted by molar-refractivity contribution is 7.92. The van der Waals surface area contributed by atoms with Crippen LogP contribution in [0.5, 0.6) is 0 Å². The smallest absolute Gasteiger partial charge is 0.259 e. The highest BCUT2D eigenvalue weighted by Gasteiger charge is 2.15. The van der Waals surface area contributed by atoms with Crippen molar-refractivity contribution in [2.24, 2.45) is 0 Å². The number of aromatic nitrogens is 3. The van der Waals surface area contributed by atoms with Crippen LogP contribution < -0.4 is 10.0 Å². The SMILES string of the molecule is CCCn1c(C)cc(-c2csc(NC(=O)c3cncc(NS(C)(=O)=O)c3)n2)c1C. The van der Waals surface area contributed by atoms with Crippen LogP contribution in [0, 0.1) is 13.8 Å². The van der Waals surface area contributed by atoms with Crippen molar-refractivity contribution >= 4 is 38.1 Å². The van der Waals surface area contributed by atoms with E-state index in [2.05, 4.69) is 51.4 Å². The minimum atomic E-state index is -3.45. The summed E-state index contributed by atoms with van der Waals surface area (Å²) in [5, 5.41) is 5.12. The molecule has 0 saturated carbocycles. The third-order valence-corrected chi connectivity index (χ3v) is 5.69. The molecule has 0 saturated heterocycles. The highest BCUT2D eigenvalue weighted by Crippen LogP contribution is 2.30. The molecule has 0 unspecified atom stereocenters. The predicted molar refractivity (Wildman–Crippen MR) is 116 cm³/mol. The van der Waals surface area contributed by atoms with Gasteiger partial charge in [-0.1, -0.05) is 6.92 Å². The minimum absolute atomic E-state index is 0.225. The number of amides is 1. The van der Waals surface area contributed by atoms with E-state index in [1.807, 2.05) is 5.38 Å². The number of anilines is 2. The Labute approximate surface area is 174 Å². The average molecular weight is 434 g/mol. The summed E-state index contributed by atoms with van der Waals surface area (Å²) < 4.78 is 27.3. The van der Waals surface area contributed by atoms with E-state index in [-0.39, 0.29) is 11.3 Å². The Morgan fingerprint density at radius 2 is 2.00 bits per heavy atom. The van der Waals surface area contributed by atoms with E-state index < -0.39 is 15.9 Å². The molecule has 0 radical (unpaired) electrons. The third kappa shape index (κ3) is 5.01. The Bertz CT molecular complexity index is 1150. The monoisotopic (exact) mass is 433 g/mol. The third-order valence-electron chi connectivity index (χ3n) is 4.33. The second-order valence-corrected chi connectivity index (χ2v) is 9.37. The Kier molecular flexibility index (Phi) is 6.04. The Balaban J connectivity index is 1.78. The maximum absolute atomic E-state index is 12.5. The molecule has 3 heterocycles. The van der Waals surface area contributed by atoms with Gasteiger partial charge in [0.25, 0.3) is 5.91 Å². The number of aryl methyl sites for hydroxylation is 1. The molecule has 2 N–H and O–H groups in total. The van der Waals surface area contributed by atoms with Crippen molar-refractivity contribution in [2.75, 3.05) is 16.3 Å². The van der Waals surface area contributed by atoms with E-state index in [4.69, 9.17) is 0 Å². The Hall–Kier alpha value is -2.72. The summed E-state index contributed by atoms with van der Waals surface area (Å²) in [5.74, 6) is -0.410. The van der Waals surface area contributed by atoms with E-state index in [0.717, 1.165) is 36.2 Å². The van der Waals surface area contributed by atoms with Crippen LogP contribution in [0.3, 0.4) is 0 Å². The molecule has 3 rings (SSSR count). The van der Waals surface area contributed by atoms with E-state index >= 15 is 0 Å². The van der Waals surface area contributed by atoms with Crippen LogP contribution in [0.2, 0.25) is 0 Å². The molecule has 3 aromatic heterocycles. The molecule has 0 atom stereocenters. The fourth-order valence-corrected chi connectivity index (χ4v) is 4.33. The lowest BCUT2D eigenvalue weighted by atomic mass is 10.2. The molecule has 29 heavy (non-hydrogen) atoms. The van der Waals surface area contributed by atoms with Crippen molar-refractivity contribution in [1.29, 1.82) is 0 Å². The molecule has 154 valence electrons. The van der Waals surface area contributed by atoms with Crippen LogP contribution >= 0.6 is 11.3 Å². The summed E-state index contributed by atoms with van der Waals surface area (Å²) in [5.41, 5.74) is 4.65. The van der Waals surface area contributed by atoms with E-state index in [0.29, 0.717) is 5.13 Å². The number of hydrogen-bond acceptors (Lipinski definition) is 6. The van der Waals surface area contributed by atoms with Crippen molar-refractivity contribution in [2.45, 2.75) is 33.7 Å².